The van der Waals surface area contributed by atoms with Crippen LogP contribution in [-0.2, 0) is 0 Å². The third kappa shape index (κ3) is 5.98. The van der Waals surface area contributed by atoms with E-state index in [1.54, 1.807) is 0 Å². The lowest BCUT2D eigenvalue weighted by atomic mass is 9.98. The number of anilines is 3. The summed E-state index contributed by atoms with van der Waals surface area (Å²) in [5.74, 6) is 0. The Morgan fingerprint density at radius 2 is 0.885 bits per heavy atom. The van der Waals surface area contributed by atoms with Gasteiger partial charge in [-0.05, 0) is 117 Å². The van der Waals surface area contributed by atoms with Crippen LogP contribution in [0.1, 0.15) is 0 Å². The van der Waals surface area contributed by atoms with Crippen LogP contribution >= 0.6 is 0 Å². The molecule has 3 nitrogen and oxygen atoms in total. The maximum absolute atomic E-state index is 6.38. The first-order chi connectivity index (χ1) is 30.2. The van der Waals surface area contributed by atoms with Crippen LogP contribution in [0.4, 0.5) is 17.1 Å². The topological polar surface area (TPSA) is 21.3 Å². The Morgan fingerprint density at radius 3 is 1.62 bits per heavy atom. The third-order valence-electron chi connectivity index (χ3n) is 12.2. The van der Waals surface area contributed by atoms with Crippen LogP contribution in [0.25, 0.3) is 93.6 Å². The molecule has 10 aromatic carbocycles. The predicted octanol–water partition coefficient (Wildman–Crippen LogP) is 16.3. The van der Waals surface area contributed by atoms with Crippen molar-refractivity contribution in [2.75, 3.05) is 4.90 Å². The molecule has 0 aliphatic heterocycles. The number of benzene rings is 10. The molecule has 2 heterocycles. The molecule has 61 heavy (non-hydrogen) atoms. The van der Waals surface area contributed by atoms with E-state index < -0.39 is 0 Å². The highest BCUT2D eigenvalue weighted by Gasteiger charge is 2.19. The molecule has 0 spiro atoms. The lowest BCUT2D eigenvalue weighted by Crippen LogP contribution is -2.11. The summed E-state index contributed by atoms with van der Waals surface area (Å²) in [6, 6.07) is 83.0. The first-order valence-electron chi connectivity index (χ1n) is 20.8. The van der Waals surface area contributed by atoms with Gasteiger partial charge in [0.05, 0.1) is 16.7 Å². The molecular formula is C58H38N2O. The van der Waals surface area contributed by atoms with Crippen LogP contribution in [0.5, 0.6) is 0 Å². The molecule has 0 bridgehead atoms. The van der Waals surface area contributed by atoms with Crippen LogP contribution in [0, 0.1) is 0 Å². The number of aromatic nitrogens is 1. The van der Waals surface area contributed by atoms with Crippen molar-refractivity contribution in [2.24, 2.45) is 0 Å². The number of furan rings is 1. The van der Waals surface area contributed by atoms with Gasteiger partial charge in [-0.2, -0.15) is 0 Å². The zero-order valence-electron chi connectivity index (χ0n) is 33.2. The zero-order chi connectivity index (χ0) is 40.3. The zero-order valence-corrected chi connectivity index (χ0v) is 33.2. The third-order valence-corrected chi connectivity index (χ3v) is 12.2. The first-order valence-corrected chi connectivity index (χ1v) is 20.8. The molecule has 0 unspecified atom stereocenters. The van der Waals surface area contributed by atoms with Gasteiger partial charge in [0.25, 0.3) is 0 Å². The smallest absolute Gasteiger partial charge is 0.136 e. The van der Waals surface area contributed by atoms with E-state index in [4.69, 9.17) is 4.42 Å². The monoisotopic (exact) mass is 778 g/mol. The van der Waals surface area contributed by atoms with Gasteiger partial charge in [0, 0.05) is 44.2 Å². The minimum Gasteiger partial charge on any atom is -0.456 e. The van der Waals surface area contributed by atoms with E-state index in [0.29, 0.717) is 0 Å². The Labute approximate surface area is 353 Å². The van der Waals surface area contributed by atoms with E-state index in [0.717, 1.165) is 66.9 Å². The normalized spacial score (nSPS) is 11.6. The summed E-state index contributed by atoms with van der Waals surface area (Å²) in [4.78, 5) is 2.38. The van der Waals surface area contributed by atoms with Crippen molar-refractivity contribution in [2.45, 2.75) is 0 Å². The second-order valence-corrected chi connectivity index (χ2v) is 15.7. The molecular weight excluding hydrogens is 741 g/mol. The number of rotatable bonds is 7. The molecule has 2 aromatic heterocycles. The highest BCUT2D eigenvalue weighted by molar-refractivity contribution is 6.09. The number of hydrogen-bond donors (Lipinski definition) is 0. The van der Waals surface area contributed by atoms with E-state index in [-0.39, 0.29) is 0 Å². The highest BCUT2D eigenvalue weighted by Crippen LogP contribution is 2.43. The highest BCUT2D eigenvalue weighted by atomic mass is 16.3. The van der Waals surface area contributed by atoms with E-state index in [1.165, 1.54) is 43.7 Å². The summed E-state index contributed by atoms with van der Waals surface area (Å²) in [6.07, 6.45) is 0. The molecule has 0 N–H and O–H groups in total. The Morgan fingerprint density at radius 1 is 0.328 bits per heavy atom. The summed E-state index contributed by atoms with van der Waals surface area (Å²) in [5.41, 5.74) is 15.5. The fourth-order valence-corrected chi connectivity index (χ4v) is 9.23. The van der Waals surface area contributed by atoms with Crippen molar-refractivity contribution in [1.82, 2.24) is 4.57 Å². The van der Waals surface area contributed by atoms with Crippen LogP contribution in [0.15, 0.2) is 235 Å². The molecule has 12 aromatic rings. The van der Waals surface area contributed by atoms with Gasteiger partial charge in [-0.15, -0.1) is 0 Å². The largest absolute Gasteiger partial charge is 0.456 e. The van der Waals surface area contributed by atoms with Crippen LogP contribution < -0.4 is 4.90 Å². The molecule has 0 aliphatic rings. The van der Waals surface area contributed by atoms with Crippen molar-refractivity contribution >= 4 is 71.6 Å². The summed E-state index contributed by atoms with van der Waals surface area (Å²) < 4.78 is 8.76. The van der Waals surface area contributed by atoms with Gasteiger partial charge in [0.15, 0.2) is 0 Å². The Kier molecular flexibility index (Phi) is 8.17. The number of fused-ring (bicyclic) bond motifs is 7. The van der Waals surface area contributed by atoms with Crippen molar-refractivity contribution in [3.63, 3.8) is 0 Å². The predicted molar refractivity (Wildman–Crippen MR) is 257 cm³/mol. The molecule has 0 aliphatic carbocycles. The van der Waals surface area contributed by atoms with Gasteiger partial charge in [-0.25, -0.2) is 0 Å². The van der Waals surface area contributed by atoms with E-state index in [2.05, 4.69) is 228 Å². The summed E-state index contributed by atoms with van der Waals surface area (Å²) >= 11 is 0. The SMILES string of the molecule is c1cc(-c2ccc(N(c3ccc(-c4ccc5ccccc5c4)cc3)c3ccccc3-c3ccc4c(c3)oc3ccccc34)cc2)cc(-n2c3ccccc3c3ccccc32)c1. The van der Waals surface area contributed by atoms with Gasteiger partial charge in [0.1, 0.15) is 11.2 Å². The molecule has 0 fully saturated rings. The molecule has 0 atom stereocenters. The summed E-state index contributed by atoms with van der Waals surface area (Å²) in [6.45, 7) is 0. The van der Waals surface area contributed by atoms with Crippen molar-refractivity contribution in [1.29, 1.82) is 0 Å². The fourth-order valence-electron chi connectivity index (χ4n) is 9.23. The average molecular weight is 779 g/mol. The average Bonchev–Trinajstić information content (AvgIpc) is 3.88. The lowest BCUT2D eigenvalue weighted by molar-refractivity contribution is 0.669. The standard InChI is InChI=1S/C58H38N2O/c1-2-13-42-36-44(25-24-39(42)12-1)41-28-33-47(34-29-41)59(54-20-7-3-16-49(54)45-30-35-53-52-19-6-10-23-57(52)61-58(53)38-45)46-31-26-40(27-32-46)43-14-11-15-48(37-43)60-55-21-8-4-17-50(55)51-18-5-9-22-56(51)60/h1-38H. The Hall–Kier alpha value is -8.14. The summed E-state index contributed by atoms with van der Waals surface area (Å²) in [5, 5.41) is 7.25. The second-order valence-electron chi connectivity index (χ2n) is 15.7. The quantitative estimate of drug-likeness (QED) is 0.161. The molecule has 0 amide bonds. The van der Waals surface area contributed by atoms with Crippen molar-refractivity contribution < 1.29 is 4.42 Å². The molecule has 0 radical (unpaired) electrons. The molecule has 286 valence electrons. The molecule has 0 saturated carbocycles. The molecule has 0 saturated heterocycles. The Bertz CT molecular complexity index is 3540. The van der Waals surface area contributed by atoms with Crippen molar-refractivity contribution in [3.8, 4) is 39.1 Å². The lowest BCUT2D eigenvalue weighted by Gasteiger charge is -2.28. The van der Waals surface area contributed by atoms with E-state index in [9.17, 15) is 0 Å². The van der Waals surface area contributed by atoms with E-state index in [1.807, 2.05) is 12.1 Å². The van der Waals surface area contributed by atoms with Gasteiger partial charge in [-0.3, -0.25) is 0 Å². The van der Waals surface area contributed by atoms with Crippen molar-refractivity contribution in [3.05, 3.63) is 231 Å². The maximum atomic E-state index is 6.38. The van der Waals surface area contributed by atoms with Gasteiger partial charge in [0.2, 0.25) is 0 Å². The minimum absolute atomic E-state index is 0.882. The van der Waals surface area contributed by atoms with Gasteiger partial charge in [-0.1, -0.05) is 152 Å². The first kappa shape index (κ1) is 34.9. The summed E-state index contributed by atoms with van der Waals surface area (Å²) in [7, 11) is 0. The number of hydrogen-bond acceptors (Lipinski definition) is 2. The van der Waals surface area contributed by atoms with Gasteiger partial charge < -0.3 is 13.9 Å². The fraction of sp³-hybridized carbons (Fsp3) is 0. The number of para-hydroxylation sites is 4. The van der Waals surface area contributed by atoms with E-state index >= 15 is 0 Å². The Balaban J connectivity index is 0.963. The second kappa shape index (κ2) is 14.3. The minimum atomic E-state index is 0.882. The number of nitrogens with zero attached hydrogens (tertiary/aromatic N) is 2. The van der Waals surface area contributed by atoms with Crippen LogP contribution in [0.3, 0.4) is 0 Å². The van der Waals surface area contributed by atoms with Gasteiger partial charge >= 0.3 is 0 Å². The van der Waals surface area contributed by atoms with Crippen LogP contribution in [-0.4, -0.2) is 4.57 Å². The molecule has 3 heteroatoms. The maximum Gasteiger partial charge on any atom is 0.136 e. The van der Waals surface area contributed by atoms with Crippen LogP contribution in [0.2, 0.25) is 0 Å². The molecule has 12 rings (SSSR count).